The standard InChI is InChI=1S/C10H13N5O2/c1-15-8(2-3-12-15)10-13-9(14-17-10)7-6-16-5-4-11-7/h2-3,7,11H,4-6H2,1H3. The summed E-state index contributed by atoms with van der Waals surface area (Å²) in [7, 11) is 1.83. The number of morpholine rings is 1. The maximum atomic E-state index is 5.36. The molecule has 0 amide bonds. The Labute approximate surface area is 97.8 Å². The zero-order valence-corrected chi connectivity index (χ0v) is 9.46. The van der Waals surface area contributed by atoms with Gasteiger partial charge in [-0.3, -0.25) is 4.68 Å². The first-order chi connectivity index (χ1) is 8.34. The van der Waals surface area contributed by atoms with Crippen molar-refractivity contribution >= 4 is 0 Å². The van der Waals surface area contributed by atoms with Crippen LogP contribution >= 0.6 is 0 Å². The molecule has 90 valence electrons. The second-order valence-corrected chi connectivity index (χ2v) is 3.88. The topological polar surface area (TPSA) is 78.0 Å². The number of aromatic nitrogens is 4. The van der Waals surface area contributed by atoms with Gasteiger partial charge in [0.05, 0.1) is 19.3 Å². The fraction of sp³-hybridized carbons (Fsp3) is 0.500. The zero-order valence-electron chi connectivity index (χ0n) is 9.46. The second-order valence-electron chi connectivity index (χ2n) is 3.88. The highest BCUT2D eigenvalue weighted by Crippen LogP contribution is 2.19. The number of rotatable bonds is 2. The molecule has 0 spiro atoms. The Morgan fingerprint density at radius 3 is 3.18 bits per heavy atom. The van der Waals surface area contributed by atoms with E-state index in [0.717, 1.165) is 18.8 Å². The minimum Gasteiger partial charge on any atom is -0.378 e. The summed E-state index contributed by atoms with van der Waals surface area (Å²) in [6.45, 7) is 2.10. The summed E-state index contributed by atoms with van der Waals surface area (Å²) in [5.74, 6) is 1.10. The van der Waals surface area contributed by atoms with E-state index in [-0.39, 0.29) is 6.04 Å². The summed E-state index contributed by atoms with van der Waals surface area (Å²) >= 11 is 0. The molecule has 1 saturated heterocycles. The Balaban J connectivity index is 1.85. The largest absolute Gasteiger partial charge is 0.378 e. The minimum absolute atomic E-state index is 0.00878. The van der Waals surface area contributed by atoms with Crippen molar-refractivity contribution in [2.24, 2.45) is 7.05 Å². The molecular weight excluding hydrogens is 222 g/mol. The van der Waals surface area contributed by atoms with E-state index < -0.39 is 0 Å². The predicted molar refractivity (Wildman–Crippen MR) is 58.1 cm³/mol. The van der Waals surface area contributed by atoms with Crippen LogP contribution in [0.4, 0.5) is 0 Å². The average molecular weight is 235 g/mol. The normalized spacial score (nSPS) is 20.6. The highest BCUT2D eigenvalue weighted by Gasteiger charge is 2.22. The van der Waals surface area contributed by atoms with Gasteiger partial charge in [-0.25, -0.2) is 0 Å². The van der Waals surface area contributed by atoms with Crippen molar-refractivity contribution in [2.75, 3.05) is 19.8 Å². The Kier molecular flexibility index (Phi) is 2.62. The van der Waals surface area contributed by atoms with Gasteiger partial charge in [0.25, 0.3) is 5.89 Å². The number of hydrogen-bond acceptors (Lipinski definition) is 6. The molecule has 1 aliphatic rings. The quantitative estimate of drug-likeness (QED) is 0.797. The summed E-state index contributed by atoms with van der Waals surface area (Å²) in [6, 6.07) is 1.84. The Hall–Kier alpha value is -1.73. The smallest absolute Gasteiger partial charge is 0.276 e. The minimum atomic E-state index is 0.00878. The highest BCUT2D eigenvalue weighted by atomic mass is 16.5. The van der Waals surface area contributed by atoms with Crippen LogP contribution in [0.1, 0.15) is 11.9 Å². The zero-order chi connectivity index (χ0) is 11.7. The average Bonchev–Trinajstić information content (AvgIpc) is 2.98. The maximum absolute atomic E-state index is 5.36. The monoisotopic (exact) mass is 235 g/mol. The molecule has 17 heavy (non-hydrogen) atoms. The van der Waals surface area contributed by atoms with E-state index in [4.69, 9.17) is 9.26 Å². The van der Waals surface area contributed by atoms with Crippen molar-refractivity contribution in [1.82, 2.24) is 25.2 Å². The lowest BCUT2D eigenvalue weighted by atomic mass is 10.2. The van der Waals surface area contributed by atoms with E-state index >= 15 is 0 Å². The molecule has 0 radical (unpaired) electrons. The lowest BCUT2D eigenvalue weighted by Gasteiger charge is -2.20. The van der Waals surface area contributed by atoms with Gasteiger partial charge in [-0.2, -0.15) is 10.1 Å². The Bertz CT molecular complexity index is 500. The van der Waals surface area contributed by atoms with E-state index in [1.54, 1.807) is 10.9 Å². The fourth-order valence-corrected chi connectivity index (χ4v) is 1.80. The van der Waals surface area contributed by atoms with Crippen molar-refractivity contribution in [3.63, 3.8) is 0 Å². The molecule has 1 atom stereocenters. The van der Waals surface area contributed by atoms with Crippen LogP contribution in [-0.4, -0.2) is 39.7 Å². The molecule has 1 N–H and O–H groups in total. The summed E-state index contributed by atoms with van der Waals surface area (Å²) in [6.07, 6.45) is 1.70. The van der Waals surface area contributed by atoms with E-state index in [9.17, 15) is 0 Å². The molecule has 7 nitrogen and oxygen atoms in total. The Morgan fingerprint density at radius 1 is 1.53 bits per heavy atom. The first-order valence-corrected chi connectivity index (χ1v) is 5.48. The molecule has 0 aromatic carbocycles. The number of aryl methyl sites for hydroxylation is 1. The van der Waals surface area contributed by atoms with Gasteiger partial charge in [-0.05, 0) is 6.07 Å². The predicted octanol–water partition coefficient (Wildman–Crippen LogP) is 0.131. The molecule has 2 aromatic heterocycles. The lowest BCUT2D eigenvalue weighted by Crippen LogP contribution is -2.35. The summed E-state index contributed by atoms with van der Waals surface area (Å²) in [5, 5.41) is 11.3. The molecule has 1 unspecified atom stereocenters. The number of nitrogens with one attached hydrogen (secondary N) is 1. The van der Waals surface area contributed by atoms with Crippen LogP contribution < -0.4 is 5.32 Å². The van der Waals surface area contributed by atoms with Gasteiger partial charge in [-0.1, -0.05) is 5.16 Å². The van der Waals surface area contributed by atoms with E-state index in [0.29, 0.717) is 18.3 Å². The number of ether oxygens (including phenoxy) is 1. The van der Waals surface area contributed by atoms with Gasteiger partial charge in [0.1, 0.15) is 5.69 Å². The van der Waals surface area contributed by atoms with E-state index in [2.05, 4.69) is 20.6 Å². The molecule has 7 heteroatoms. The van der Waals surface area contributed by atoms with Crippen molar-refractivity contribution in [3.05, 3.63) is 18.1 Å². The summed E-state index contributed by atoms with van der Waals surface area (Å²) in [4.78, 5) is 4.36. The fourth-order valence-electron chi connectivity index (χ4n) is 1.80. The molecule has 0 saturated carbocycles. The number of nitrogens with zero attached hydrogens (tertiary/aromatic N) is 4. The molecule has 3 rings (SSSR count). The molecule has 1 aliphatic heterocycles. The van der Waals surface area contributed by atoms with Crippen molar-refractivity contribution in [3.8, 4) is 11.6 Å². The highest BCUT2D eigenvalue weighted by molar-refractivity contribution is 5.45. The second kappa shape index (κ2) is 4.27. The van der Waals surface area contributed by atoms with Crippen LogP contribution in [-0.2, 0) is 11.8 Å². The van der Waals surface area contributed by atoms with E-state index in [1.807, 2.05) is 13.1 Å². The summed E-state index contributed by atoms with van der Waals surface area (Å²) < 4.78 is 12.3. The van der Waals surface area contributed by atoms with Crippen LogP contribution in [0, 0.1) is 0 Å². The van der Waals surface area contributed by atoms with Crippen LogP contribution in [0.25, 0.3) is 11.6 Å². The van der Waals surface area contributed by atoms with Crippen LogP contribution in [0.2, 0.25) is 0 Å². The summed E-state index contributed by atoms with van der Waals surface area (Å²) in [5.41, 5.74) is 0.806. The van der Waals surface area contributed by atoms with Gasteiger partial charge < -0.3 is 14.6 Å². The van der Waals surface area contributed by atoms with Crippen molar-refractivity contribution < 1.29 is 9.26 Å². The van der Waals surface area contributed by atoms with Gasteiger partial charge in [0.15, 0.2) is 5.82 Å². The third-order valence-electron chi connectivity index (χ3n) is 2.72. The molecular formula is C10H13N5O2. The van der Waals surface area contributed by atoms with Gasteiger partial charge >= 0.3 is 0 Å². The molecule has 2 aromatic rings. The number of hydrogen-bond donors (Lipinski definition) is 1. The Morgan fingerprint density at radius 2 is 2.47 bits per heavy atom. The van der Waals surface area contributed by atoms with Gasteiger partial charge in [0, 0.05) is 19.8 Å². The van der Waals surface area contributed by atoms with Crippen LogP contribution in [0.15, 0.2) is 16.8 Å². The van der Waals surface area contributed by atoms with E-state index in [1.165, 1.54) is 0 Å². The third-order valence-corrected chi connectivity index (χ3v) is 2.72. The van der Waals surface area contributed by atoms with Crippen molar-refractivity contribution in [2.45, 2.75) is 6.04 Å². The van der Waals surface area contributed by atoms with Crippen molar-refractivity contribution in [1.29, 1.82) is 0 Å². The van der Waals surface area contributed by atoms with Crippen LogP contribution in [0.5, 0.6) is 0 Å². The first-order valence-electron chi connectivity index (χ1n) is 5.48. The third kappa shape index (κ3) is 1.94. The SMILES string of the molecule is Cn1nccc1-c1nc(C2COCCN2)no1. The van der Waals surface area contributed by atoms with Gasteiger partial charge in [-0.15, -0.1) is 0 Å². The molecule has 1 fully saturated rings. The maximum Gasteiger partial charge on any atom is 0.276 e. The molecule has 0 bridgehead atoms. The van der Waals surface area contributed by atoms with Crippen LogP contribution in [0.3, 0.4) is 0 Å². The van der Waals surface area contributed by atoms with Gasteiger partial charge in [0.2, 0.25) is 0 Å². The molecule has 3 heterocycles. The first kappa shape index (κ1) is 10.4. The lowest BCUT2D eigenvalue weighted by molar-refractivity contribution is 0.0734. The molecule has 0 aliphatic carbocycles.